The average Bonchev–Trinajstić information content (AvgIpc) is 2.28. The fourth-order valence-electron chi connectivity index (χ4n) is 1.61. The summed E-state index contributed by atoms with van der Waals surface area (Å²) in [7, 11) is 0. The van der Waals surface area contributed by atoms with Gasteiger partial charge in [0.25, 0.3) is 5.91 Å². The molecule has 1 rings (SSSR count). The smallest absolute Gasteiger partial charge is 0.257 e. The van der Waals surface area contributed by atoms with Gasteiger partial charge in [0.2, 0.25) is 0 Å². The first-order valence-electron chi connectivity index (χ1n) is 5.69. The molecule has 0 fully saturated rings. The molecule has 0 aliphatic heterocycles. The van der Waals surface area contributed by atoms with Gasteiger partial charge in [0.15, 0.2) is 0 Å². The van der Waals surface area contributed by atoms with E-state index in [0.29, 0.717) is 11.3 Å². The topological polar surface area (TPSA) is 59.2 Å². The largest absolute Gasteiger partial charge is 0.398 e. The third-order valence-corrected chi connectivity index (χ3v) is 2.36. The molecule has 1 aromatic rings. The maximum atomic E-state index is 12.2. The van der Waals surface area contributed by atoms with Crippen molar-refractivity contribution in [2.45, 2.75) is 26.7 Å². The van der Waals surface area contributed by atoms with Gasteiger partial charge in [-0.05, 0) is 18.9 Å². The number of nitrogen functional groups attached to an aromatic ring is 1. The van der Waals surface area contributed by atoms with E-state index in [0.717, 1.165) is 25.9 Å². The summed E-state index contributed by atoms with van der Waals surface area (Å²) in [5.41, 5.74) is 6.77. The summed E-state index contributed by atoms with van der Waals surface area (Å²) in [5, 5.41) is 0. The van der Waals surface area contributed by atoms with Crippen LogP contribution in [0.4, 0.5) is 5.69 Å². The van der Waals surface area contributed by atoms with Crippen molar-refractivity contribution in [2.75, 3.05) is 18.8 Å². The molecule has 0 spiro atoms. The Morgan fingerprint density at radius 3 is 2.50 bits per heavy atom. The summed E-state index contributed by atoms with van der Waals surface area (Å²) in [6.45, 7) is 5.65. The van der Waals surface area contributed by atoms with Crippen molar-refractivity contribution in [1.29, 1.82) is 0 Å². The van der Waals surface area contributed by atoms with Crippen LogP contribution in [0.2, 0.25) is 0 Å². The standard InChI is InChI=1S/C12H19N3O/c1-3-7-15(8-4-2)12(16)10-9-14-6-5-11(10)13/h5-6,9H,3-4,7-8H2,1-2H3,(H2,13,14). The Morgan fingerprint density at radius 2 is 2.00 bits per heavy atom. The van der Waals surface area contributed by atoms with E-state index in [4.69, 9.17) is 5.73 Å². The van der Waals surface area contributed by atoms with E-state index in [2.05, 4.69) is 18.8 Å². The molecule has 4 heteroatoms. The van der Waals surface area contributed by atoms with Gasteiger partial charge in [0.05, 0.1) is 5.56 Å². The summed E-state index contributed by atoms with van der Waals surface area (Å²) in [6, 6.07) is 1.66. The van der Waals surface area contributed by atoms with E-state index in [-0.39, 0.29) is 5.91 Å². The first-order chi connectivity index (χ1) is 7.70. The number of hydrogen-bond acceptors (Lipinski definition) is 3. The molecule has 16 heavy (non-hydrogen) atoms. The van der Waals surface area contributed by atoms with Crippen LogP contribution in [0.15, 0.2) is 18.5 Å². The molecule has 2 N–H and O–H groups in total. The van der Waals surface area contributed by atoms with Gasteiger partial charge in [-0.2, -0.15) is 0 Å². The fraction of sp³-hybridized carbons (Fsp3) is 0.500. The lowest BCUT2D eigenvalue weighted by atomic mass is 10.2. The molecule has 1 aromatic heterocycles. The summed E-state index contributed by atoms with van der Waals surface area (Å²) < 4.78 is 0. The van der Waals surface area contributed by atoms with Gasteiger partial charge in [0.1, 0.15) is 0 Å². The van der Waals surface area contributed by atoms with E-state index in [9.17, 15) is 4.79 Å². The number of carbonyl (C=O) groups excluding carboxylic acids is 1. The van der Waals surface area contributed by atoms with Crippen molar-refractivity contribution in [3.63, 3.8) is 0 Å². The van der Waals surface area contributed by atoms with Crippen molar-refractivity contribution in [3.05, 3.63) is 24.0 Å². The highest BCUT2D eigenvalue weighted by molar-refractivity contribution is 5.98. The summed E-state index contributed by atoms with van der Waals surface area (Å²) in [5.74, 6) is -0.0192. The molecule has 1 amide bonds. The molecule has 1 heterocycles. The minimum absolute atomic E-state index is 0.0192. The number of rotatable bonds is 5. The van der Waals surface area contributed by atoms with Gasteiger partial charge in [-0.1, -0.05) is 13.8 Å². The Balaban J connectivity index is 2.85. The number of pyridine rings is 1. The number of hydrogen-bond donors (Lipinski definition) is 1. The zero-order chi connectivity index (χ0) is 12.0. The molecule has 0 bridgehead atoms. The van der Waals surface area contributed by atoms with E-state index in [1.54, 1.807) is 12.3 Å². The zero-order valence-electron chi connectivity index (χ0n) is 9.94. The molecule has 0 atom stereocenters. The monoisotopic (exact) mass is 221 g/mol. The van der Waals surface area contributed by atoms with Gasteiger partial charge >= 0.3 is 0 Å². The molecular weight excluding hydrogens is 202 g/mol. The maximum absolute atomic E-state index is 12.2. The number of nitrogens with two attached hydrogens (primary N) is 1. The molecule has 0 aromatic carbocycles. The molecule has 0 aliphatic rings. The van der Waals surface area contributed by atoms with Crippen LogP contribution < -0.4 is 5.73 Å². The quantitative estimate of drug-likeness (QED) is 0.826. The lowest BCUT2D eigenvalue weighted by molar-refractivity contribution is 0.0756. The lowest BCUT2D eigenvalue weighted by Gasteiger charge is -2.21. The van der Waals surface area contributed by atoms with Gasteiger partial charge in [-0.3, -0.25) is 9.78 Å². The van der Waals surface area contributed by atoms with Crippen LogP contribution in [0.1, 0.15) is 37.0 Å². The van der Waals surface area contributed by atoms with Crippen molar-refractivity contribution in [3.8, 4) is 0 Å². The minimum atomic E-state index is -0.0192. The van der Waals surface area contributed by atoms with Crippen LogP contribution in [0, 0.1) is 0 Å². The van der Waals surface area contributed by atoms with Gasteiger partial charge in [0, 0.05) is 31.2 Å². The van der Waals surface area contributed by atoms with E-state index in [1.165, 1.54) is 6.20 Å². The molecule has 0 aliphatic carbocycles. The summed E-state index contributed by atoms with van der Waals surface area (Å²) in [6.07, 6.45) is 5.03. The molecule has 0 unspecified atom stereocenters. The third kappa shape index (κ3) is 2.95. The Hall–Kier alpha value is -1.58. The summed E-state index contributed by atoms with van der Waals surface area (Å²) in [4.78, 5) is 17.9. The number of aromatic nitrogens is 1. The Labute approximate surface area is 96.5 Å². The second kappa shape index (κ2) is 6.10. The maximum Gasteiger partial charge on any atom is 0.257 e. The van der Waals surface area contributed by atoms with Gasteiger partial charge < -0.3 is 10.6 Å². The number of anilines is 1. The Morgan fingerprint density at radius 1 is 1.38 bits per heavy atom. The van der Waals surface area contributed by atoms with Crippen LogP contribution >= 0.6 is 0 Å². The van der Waals surface area contributed by atoms with E-state index >= 15 is 0 Å². The second-order valence-electron chi connectivity index (χ2n) is 3.76. The predicted octanol–water partition coefficient (Wildman–Crippen LogP) is 1.93. The highest BCUT2D eigenvalue weighted by Gasteiger charge is 2.16. The zero-order valence-corrected chi connectivity index (χ0v) is 9.94. The molecule has 0 radical (unpaired) electrons. The highest BCUT2D eigenvalue weighted by Crippen LogP contribution is 2.12. The first kappa shape index (κ1) is 12.5. The van der Waals surface area contributed by atoms with Crippen molar-refractivity contribution >= 4 is 11.6 Å². The molecule has 0 saturated carbocycles. The number of carbonyl (C=O) groups is 1. The van der Waals surface area contributed by atoms with Crippen molar-refractivity contribution in [1.82, 2.24) is 9.88 Å². The SMILES string of the molecule is CCCN(CCC)C(=O)c1cnccc1N. The van der Waals surface area contributed by atoms with Crippen molar-refractivity contribution in [2.24, 2.45) is 0 Å². The van der Waals surface area contributed by atoms with Crippen LogP contribution in [-0.4, -0.2) is 28.9 Å². The van der Waals surface area contributed by atoms with Crippen LogP contribution in [0.25, 0.3) is 0 Å². The van der Waals surface area contributed by atoms with Gasteiger partial charge in [-0.25, -0.2) is 0 Å². The number of amides is 1. The molecular formula is C12H19N3O. The van der Waals surface area contributed by atoms with Gasteiger partial charge in [-0.15, -0.1) is 0 Å². The fourth-order valence-corrected chi connectivity index (χ4v) is 1.61. The lowest BCUT2D eigenvalue weighted by Crippen LogP contribution is -2.33. The molecule has 88 valence electrons. The third-order valence-electron chi connectivity index (χ3n) is 2.36. The van der Waals surface area contributed by atoms with E-state index < -0.39 is 0 Å². The Kier molecular flexibility index (Phi) is 4.76. The normalized spacial score (nSPS) is 10.1. The van der Waals surface area contributed by atoms with Crippen LogP contribution in [0.5, 0.6) is 0 Å². The number of nitrogens with zero attached hydrogens (tertiary/aromatic N) is 2. The minimum Gasteiger partial charge on any atom is -0.398 e. The predicted molar refractivity (Wildman–Crippen MR) is 65.1 cm³/mol. The van der Waals surface area contributed by atoms with Crippen molar-refractivity contribution < 1.29 is 4.79 Å². The van der Waals surface area contributed by atoms with E-state index in [1.807, 2.05) is 4.90 Å². The van der Waals surface area contributed by atoms with Crippen LogP contribution in [0.3, 0.4) is 0 Å². The molecule has 0 saturated heterocycles. The Bertz CT molecular complexity index is 346. The first-order valence-corrected chi connectivity index (χ1v) is 5.69. The second-order valence-corrected chi connectivity index (χ2v) is 3.76. The average molecular weight is 221 g/mol. The van der Waals surface area contributed by atoms with Crippen LogP contribution in [-0.2, 0) is 0 Å². The molecule has 4 nitrogen and oxygen atoms in total. The summed E-state index contributed by atoms with van der Waals surface area (Å²) >= 11 is 0. The highest BCUT2D eigenvalue weighted by atomic mass is 16.2.